The Morgan fingerprint density at radius 3 is 2.60 bits per heavy atom. The van der Waals surface area contributed by atoms with Crippen LogP contribution in [-0.2, 0) is 4.74 Å². The minimum atomic E-state index is -2.80. The maximum Gasteiger partial charge on any atom is 0.387 e. The number of benzene rings is 1. The van der Waals surface area contributed by atoms with Gasteiger partial charge in [0, 0.05) is 0 Å². The summed E-state index contributed by atoms with van der Waals surface area (Å²) in [6, 6.07) is 6.62. The molecule has 0 aliphatic carbocycles. The van der Waals surface area contributed by atoms with Gasteiger partial charge in [0.2, 0.25) is 0 Å². The molecule has 0 bridgehead atoms. The van der Waals surface area contributed by atoms with Gasteiger partial charge in [-0.3, -0.25) is 0 Å². The van der Waals surface area contributed by atoms with Crippen molar-refractivity contribution < 1.29 is 18.3 Å². The third kappa shape index (κ3) is 3.93. The fourth-order valence-electron chi connectivity index (χ4n) is 2.21. The second-order valence-corrected chi connectivity index (χ2v) is 4.54. The van der Waals surface area contributed by atoms with Crippen LogP contribution in [0.15, 0.2) is 36.1 Å². The Kier molecular flexibility index (Phi) is 5.35. The summed E-state index contributed by atoms with van der Waals surface area (Å²) in [4.78, 5) is 0. The molecule has 0 radical (unpaired) electrons. The van der Waals surface area contributed by atoms with Gasteiger partial charge in [-0.1, -0.05) is 19.1 Å². The van der Waals surface area contributed by atoms with Crippen molar-refractivity contribution in [3.8, 4) is 5.75 Å². The molecule has 1 unspecified atom stereocenters. The van der Waals surface area contributed by atoms with Crippen molar-refractivity contribution in [3.05, 3.63) is 41.7 Å². The highest BCUT2D eigenvalue weighted by molar-refractivity contribution is 5.32. The van der Waals surface area contributed by atoms with E-state index in [1.807, 2.05) is 6.92 Å². The molecule has 0 spiro atoms. The summed E-state index contributed by atoms with van der Waals surface area (Å²) in [5.74, 6) is 1.07. The Hall–Kier alpha value is -1.62. The number of hydrogen-bond donors (Lipinski definition) is 1. The second-order valence-electron chi connectivity index (χ2n) is 4.54. The Balaban J connectivity index is 2.14. The topological polar surface area (TPSA) is 30.5 Å². The van der Waals surface area contributed by atoms with E-state index < -0.39 is 6.61 Å². The lowest BCUT2D eigenvalue weighted by atomic mass is 10.0. The molecule has 1 N–H and O–H groups in total. The van der Waals surface area contributed by atoms with E-state index in [-0.39, 0.29) is 11.8 Å². The summed E-state index contributed by atoms with van der Waals surface area (Å²) in [5, 5.41) is 3.35. The van der Waals surface area contributed by atoms with Crippen molar-refractivity contribution in [1.29, 1.82) is 0 Å². The molecule has 110 valence electrons. The summed E-state index contributed by atoms with van der Waals surface area (Å²) >= 11 is 0. The van der Waals surface area contributed by atoms with E-state index in [1.54, 1.807) is 24.3 Å². The molecule has 1 aliphatic heterocycles. The molecule has 0 saturated carbocycles. The Morgan fingerprint density at radius 1 is 1.30 bits per heavy atom. The van der Waals surface area contributed by atoms with Crippen molar-refractivity contribution >= 4 is 0 Å². The largest absolute Gasteiger partial charge is 0.496 e. The molecule has 1 aliphatic rings. The number of alkyl halides is 2. The van der Waals surface area contributed by atoms with Gasteiger partial charge < -0.3 is 14.8 Å². The molecule has 3 nitrogen and oxygen atoms in total. The van der Waals surface area contributed by atoms with Crippen LogP contribution in [0.1, 0.15) is 31.4 Å². The van der Waals surface area contributed by atoms with Gasteiger partial charge in [-0.15, -0.1) is 0 Å². The lowest BCUT2D eigenvalue weighted by Crippen LogP contribution is -2.25. The Morgan fingerprint density at radius 2 is 2.05 bits per heavy atom. The Bertz CT molecular complexity index is 446. The summed E-state index contributed by atoms with van der Waals surface area (Å²) in [5.41, 5.74) is 0.974. The molecule has 1 aromatic rings. The van der Waals surface area contributed by atoms with E-state index in [9.17, 15) is 8.78 Å². The maximum atomic E-state index is 12.1. The molecule has 5 heteroatoms. The number of halogens is 2. The van der Waals surface area contributed by atoms with E-state index in [1.165, 1.54) is 0 Å². The number of allylic oxidation sites excluding steroid dienone is 1. The van der Waals surface area contributed by atoms with Crippen molar-refractivity contribution in [1.82, 2.24) is 5.32 Å². The highest BCUT2D eigenvalue weighted by Gasteiger charge is 2.19. The molecule has 0 aromatic heterocycles. The van der Waals surface area contributed by atoms with Crippen LogP contribution in [0, 0.1) is 0 Å². The number of nitrogens with one attached hydrogen (secondary N) is 1. The van der Waals surface area contributed by atoms with Crippen LogP contribution in [0.4, 0.5) is 8.78 Å². The van der Waals surface area contributed by atoms with Crippen LogP contribution in [0.3, 0.4) is 0 Å². The third-order valence-corrected chi connectivity index (χ3v) is 3.09. The SMILES string of the molecule is CCNC(C1=CCCCO1)c1ccc(OC(F)F)cc1. The molecule has 1 aromatic carbocycles. The summed E-state index contributed by atoms with van der Waals surface area (Å²) in [6.07, 6.45) is 4.12. The van der Waals surface area contributed by atoms with E-state index >= 15 is 0 Å². The van der Waals surface area contributed by atoms with Crippen molar-refractivity contribution in [2.45, 2.75) is 32.4 Å². The maximum absolute atomic E-state index is 12.1. The van der Waals surface area contributed by atoms with Crippen molar-refractivity contribution in [2.24, 2.45) is 0 Å². The van der Waals surface area contributed by atoms with Crippen LogP contribution in [0.25, 0.3) is 0 Å². The summed E-state index contributed by atoms with van der Waals surface area (Å²) in [7, 11) is 0. The average Bonchev–Trinajstić information content (AvgIpc) is 2.46. The lowest BCUT2D eigenvalue weighted by Gasteiger charge is -2.25. The highest BCUT2D eigenvalue weighted by Crippen LogP contribution is 2.27. The van der Waals surface area contributed by atoms with Gasteiger partial charge in [-0.05, 0) is 43.2 Å². The number of rotatable bonds is 6. The van der Waals surface area contributed by atoms with E-state index in [0.717, 1.165) is 37.3 Å². The molecule has 1 heterocycles. The lowest BCUT2D eigenvalue weighted by molar-refractivity contribution is -0.0498. The molecule has 0 amide bonds. The van der Waals surface area contributed by atoms with E-state index in [2.05, 4.69) is 16.1 Å². The van der Waals surface area contributed by atoms with Crippen molar-refractivity contribution in [2.75, 3.05) is 13.2 Å². The fourth-order valence-corrected chi connectivity index (χ4v) is 2.21. The zero-order valence-electron chi connectivity index (χ0n) is 11.4. The number of ether oxygens (including phenoxy) is 2. The molecular formula is C15H19F2NO2. The van der Waals surface area contributed by atoms with Crippen LogP contribution in [0.2, 0.25) is 0 Å². The first-order valence-electron chi connectivity index (χ1n) is 6.81. The van der Waals surface area contributed by atoms with Gasteiger partial charge >= 0.3 is 6.61 Å². The van der Waals surface area contributed by atoms with Crippen LogP contribution in [0.5, 0.6) is 5.75 Å². The predicted octanol–water partition coefficient (Wildman–Crippen LogP) is 3.63. The van der Waals surface area contributed by atoms with Gasteiger partial charge in [0.25, 0.3) is 0 Å². The highest BCUT2D eigenvalue weighted by atomic mass is 19.3. The van der Waals surface area contributed by atoms with Gasteiger partial charge in [-0.25, -0.2) is 0 Å². The molecule has 0 fully saturated rings. The summed E-state index contributed by atoms with van der Waals surface area (Å²) in [6.45, 7) is 0.737. The van der Waals surface area contributed by atoms with Gasteiger partial charge in [0.15, 0.2) is 0 Å². The molecule has 0 saturated heterocycles. The quantitative estimate of drug-likeness (QED) is 0.864. The number of hydrogen-bond acceptors (Lipinski definition) is 3. The van der Waals surface area contributed by atoms with E-state index in [4.69, 9.17) is 4.74 Å². The smallest absolute Gasteiger partial charge is 0.387 e. The molecule has 20 heavy (non-hydrogen) atoms. The standard InChI is InChI=1S/C15H19F2NO2/c1-2-18-14(13-5-3-4-10-19-13)11-6-8-12(9-7-11)20-15(16)17/h5-9,14-15,18H,2-4,10H2,1H3. The van der Waals surface area contributed by atoms with Crippen LogP contribution < -0.4 is 10.1 Å². The minimum Gasteiger partial charge on any atom is -0.496 e. The fraction of sp³-hybridized carbons (Fsp3) is 0.467. The summed E-state index contributed by atoms with van der Waals surface area (Å²) < 4.78 is 34.3. The second kappa shape index (κ2) is 7.24. The zero-order chi connectivity index (χ0) is 14.4. The third-order valence-electron chi connectivity index (χ3n) is 3.09. The van der Waals surface area contributed by atoms with Crippen LogP contribution in [-0.4, -0.2) is 19.8 Å². The molecule has 1 atom stereocenters. The van der Waals surface area contributed by atoms with Crippen LogP contribution >= 0.6 is 0 Å². The first-order chi connectivity index (χ1) is 9.70. The first-order valence-corrected chi connectivity index (χ1v) is 6.81. The molecule has 2 rings (SSSR count). The van der Waals surface area contributed by atoms with Gasteiger partial charge in [0.05, 0.1) is 12.6 Å². The Labute approximate surface area is 117 Å². The van der Waals surface area contributed by atoms with E-state index in [0.29, 0.717) is 0 Å². The first kappa shape index (κ1) is 14.8. The predicted molar refractivity (Wildman–Crippen MR) is 72.8 cm³/mol. The van der Waals surface area contributed by atoms with Gasteiger partial charge in [-0.2, -0.15) is 8.78 Å². The van der Waals surface area contributed by atoms with Crippen molar-refractivity contribution in [3.63, 3.8) is 0 Å². The minimum absolute atomic E-state index is 0.0408. The molecular weight excluding hydrogens is 264 g/mol. The monoisotopic (exact) mass is 283 g/mol. The average molecular weight is 283 g/mol. The zero-order valence-corrected chi connectivity index (χ0v) is 11.4. The van der Waals surface area contributed by atoms with Gasteiger partial charge in [0.1, 0.15) is 11.5 Å². The number of likely N-dealkylation sites (N-methyl/N-ethyl adjacent to an activating group) is 1. The normalized spacial score (nSPS) is 16.5.